The lowest BCUT2D eigenvalue weighted by atomic mass is 9.89. The Morgan fingerprint density at radius 1 is 1.15 bits per heavy atom. The number of carboxylic acid groups (broad SMARTS) is 1. The van der Waals surface area contributed by atoms with Crippen LogP contribution < -0.4 is 16.2 Å². The van der Waals surface area contributed by atoms with Crippen LogP contribution in [0.1, 0.15) is 45.8 Å². The first-order valence-corrected chi connectivity index (χ1v) is 8.50. The van der Waals surface area contributed by atoms with Crippen molar-refractivity contribution >= 4 is 23.5 Å². The van der Waals surface area contributed by atoms with E-state index in [0.717, 1.165) is 12.0 Å². The number of aromatic nitrogens is 2. The van der Waals surface area contributed by atoms with Crippen LogP contribution in [0.2, 0.25) is 5.02 Å². The number of carbonyl (C=O) groups excluding carboxylic acids is 1. The molecule has 0 aliphatic carbocycles. The van der Waals surface area contributed by atoms with Crippen molar-refractivity contribution in [3.05, 3.63) is 58.6 Å². The number of hydrogen-bond donors (Lipinski definition) is 4. The Balaban J connectivity index is 1.85. The minimum absolute atomic E-state index is 0.0637. The van der Waals surface area contributed by atoms with Gasteiger partial charge in [0.15, 0.2) is 11.4 Å². The molecule has 9 heteroatoms. The van der Waals surface area contributed by atoms with E-state index in [1.54, 1.807) is 12.1 Å². The van der Waals surface area contributed by atoms with Crippen LogP contribution >= 0.6 is 11.6 Å². The first-order valence-electron chi connectivity index (χ1n) is 8.13. The smallest absolute Gasteiger partial charge is 0.356 e. The maximum Gasteiger partial charge on any atom is 0.356 e. The first-order chi connectivity index (χ1) is 12.5. The molecule has 0 radical (unpaired) electrons. The molecule has 0 bridgehead atoms. The summed E-state index contributed by atoms with van der Waals surface area (Å²) in [5.41, 5.74) is 6.62. The SMILES string of the molecule is CCC1NNC(NC(=O)c2nccnc2C(=O)O)C1c1ccc(Cl)cc1. The minimum atomic E-state index is -1.30. The summed E-state index contributed by atoms with van der Waals surface area (Å²) in [6, 6.07) is 7.50. The molecule has 136 valence electrons. The number of benzene rings is 1. The summed E-state index contributed by atoms with van der Waals surface area (Å²) in [5.74, 6) is -1.97. The van der Waals surface area contributed by atoms with Gasteiger partial charge in [0, 0.05) is 29.4 Å². The van der Waals surface area contributed by atoms with Crippen molar-refractivity contribution in [1.29, 1.82) is 0 Å². The van der Waals surface area contributed by atoms with E-state index in [1.165, 1.54) is 12.4 Å². The lowest BCUT2D eigenvalue weighted by Crippen LogP contribution is -2.47. The van der Waals surface area contributed by atoms with Crippen LogP contribution in [0.5, 0.6) is 0 Å². The molecule has 3 unspecified atom stereocenters. The summed E-state index contributed by atoms with van der Waals surface area (Å²) in [4.78, 5) is 31.4. The minimum Gasteiger partial charge on any atom is -0.476 e. The molecule has 2 heterocycles. The molecule has 0 saturated carbocycles. The first kappa shape index (κ1) is 18.2. The molecule has 1 aliphatic heterocycles. The summed E-state index contributed by atoms with van der Waals surface area (Å²) < 4.78 is 0. The normalized spacial score (nSPS) is 22.2. The second-order valence-electron chi connectivity index (χ2n) is 5.89. The third-order valence-electron chi connectivity index (χ3n) is 4.31. The molecular weight excluding hydrogens is 358 g/mol. The van der Waals surface area contributed by atoms with E-state index in [9.17, 15) is 14.7 Å². The van der Waals surface area contributed by atoms with E-state index in [2.05, 4.69) is 26.1 Å². The average Bonchev–Trinajstić information content (AvgIpc) is 3.05. The zero-order chi connectivity index (χ0) is 18.7. The number of nitrogens with one attached hydrogen (secondary N) is 3. The van der Waals surface area contributed by atoms with E-state index in [-0.39, 0.29) is 23.3 Å². The van der Waals surface area contributed by atoms with Gasteiger partial charge in [0.1, 0.15) is 6.17 Å². The van der Waals surface area contributed by atoms with Gasteiger partial charge in [-0.3, -0.25) is 10.2 Å². The Morgan fingerprint density at radius 2 is 1.81 bits per heavy atom. The van der Waals surface area contributed by atoms with E-state index in [1.807, 2.05) is 19.1 Å². The highest BCUT2D eigenvalue weighted by atomic mass is 35.5. The van der Waals surface area contributed by atoms with Crippen LogP contribution in [0.25, 0.3) is 0 Å². The number of hydrazine groups is 1. The van der Waals surface area contributed by atoms with Crippen molar-refractivity contribution < 1.29 is 14.7 Å². The van der Waals surface area contributed by atoms with E-state index >= 15 is 0 Å². The predicted molar refractivity (Wildman–Crippen MR) is 94.8 cm³/mol. The van der Waals surface area contributed by atoms with Crippen molar-refractivity contribution in [3.63, 3.8) is 0 Å². The van der Waals surface area contributed by atoms with Gasteiger partial charge in [-0.1, -0.05) is 30.7 Å². The van der Waals surface area contributed by atoms with E-state index in [0.29, 0.717) is 5.02 Å². The second kappa shape index (κ2) is 7.77. The van der Waals surface area contributed by atoms with Gasteiger partial charge in [0.2, 0.25) is 0 Å². The highest BCUT2D eigenvalue weighted by Gasteiger charge is 2.37. The number of rotatable bonds is 5. The lowest BCUT2D eigenvalue weighted by Gasteiger charge is -2.23. The Hall–Kier alpha value is -2.55. The van der Waals surface area contributed by atoms with Crippen molar-refractivity contribution in [1.82, 2.24) is 26.1 Å². The van der Waals surface area contributed by atoms with Crippen LogP contribution in [0.4, 0.5) is 0 Å². The molecular formula is C17H18ClN5O3. The Bertz CT molecular complexity index is 814. The number of amides is 1. The fourth-order valence-corrected chi connectivity index (χ4v) is 3.20. The van der Waals surface area contributed by atoms with Crippen LogP contribution in [-0.4, -0.2) is 39.2 Å². The van der Waals surface area contributed by atoms with Gasteiger partial charge < -0.3 is 10.4 Å². The highest BCUT2D eigenvalue weighted by molar-refractivity contribution is 6.30. The molecule has 3 rings (SSSR count). The molecule has 8 nitrogen and oxygen atoms in total. The van der Waals surface area contributed by atoms with Crippen molar-refractivity contribution in [2.24, 2.45) is 0 Å². The summed E-state index contributed by atoms with van der Waals surface area (Å²) in [6.45, 7) is 2.04. The number of aromatic carboxylic acids is 1. The lowest BCUT2D eigenvalue weighted by molar-refractivity contribution is 0.0682. The molecule has 1 saturated heterocycles. The second-order valence-corrected chi connectivity index (χ2v) is 6.33. The molecule has 4 N–H and O–H groups in total. The Labute approximate surface area is 155 Å². The molecule has 2 aromatic rings. The van der Waals surface area contributed by atoms with Gasteiger partial charge in [0.25, 0.3) is 5.91 Å². The van der Waals surface area contributed by atoms with Gasteiger partial charge in [0.05, 0.1) is 0 Å². The maximum atomic E-state index is 12.6. The van der Waals surface area contributed by atoms with Gasteiger partial charge >= 0.3 is 5.97 Å². The molecule has 26 heavy (non-hydrogen) atoms. The summed E-state index contributed by atoms with van der Waals surface area (Å²) >= 11 is 5.96. The monoisotopic (exact) mass is 375 g/mol. The fraction of sp³-hybridized carbons (Fsp3) is 0.294. The van der Waals surface area contributed by atoms with E-state index in [4.69, 9.17) is 11.6 Å². The van der Waals surface area contributed by atoms with Crippen molar-refractivity contribution in [2.75, 3.05) is 0 Å². The molecule has 1 amide bonds. The molecule has 0 spiro atoms. The van der Waals surface area contributed by atoms with Gasteiger partial charge in [-0.2, -0.15) is 0 Å². The largest absolute Gasteiger partial charge is 0.476 e. The number of halogens is 1. The van der Waals surface area contributed by atoms with E-state index < -0.39 is 18.0 Å². The number of carbonyl (C=O) groups is 2. The molecule has 1 aromatic heterocycles. The molecule has 1 fully saturated rings. The number of carboxylic acids is 1. The molecule has 1 aliphatic rings. The summed E-state index contributed by atoms with van der Waals surface area (Å²) in [7, 11) is 0. The van der Waals surface area contributed by atoms with Gasteiger partial charge in [-0.25, -0.2) is 20.2 Å². The quantitative estimate of drug-likeness (QED) is 0.626. The number of nitrogens with zero attached hydrogens (tertiary/aromatic N) is 2. The zero-order valence-corrected chi connectivity index (χ0v) is 14.7. The highest BCUT2D eigenvalue weighted by Crippen LogP contribution is 2.29. The van der Waals surface area contributed by atoms with Crippen molar-refractivity contribution in [3.8, 4) is 0 Å². The van der Waals surface area contributed by atoms with Crippen LogP contribution in [-0.2, 0) is 0 Å². The Kier molecular flexibility index (Phi) is 5.46. The maximum absolute atomic E-state index is 12.6. The Morgan fingerprint density at radius 3 is 2.42 bits per heavy atom. The van der Waals surface area contributed by atoms with Gasteiger partial charge in [-0.05, 0) is 24.1 Å². The van der Waals surface area contributed by atoms with Crippen LogP contribution in [0.15, 0.2) is 36.7 Å². The topological polar surface area (TPSA) is 116 Å². The zero-order valence-electron chi connectivity index (χ0n) is 13.9. The van der Waals surface area contributed by atoms with Crippen LogP contribution in [0.3, 0.4) is 0 Å². The third-order valence-corrected chi connectivity index (χ3v) is 4.57. The molecule has 1 aromatic carbocycles. The third kappa shape index (κ3) is 3.67. The average molecular weight is 376 g/mol. The molecule has 3 atom stereocenters. The predicted octanol–water partition coefficient (Wildman–Crippen LogP) is 1.55. The summed E-state index contributed by atoms with van der Waals surface area (Å²) in [6.07, 6.45) is 2.90. The number of hydrogen-bond acceptors (Lipinski definition) is 6. The standard InChI is InChI=1S/C17H18ClN5O3/c1-2-11-12(9-3-5-10(18)6-4-9)15(23-22-11)21-16(24)13-14(17(25)26)20-8-7-19-13/h3-8,11-12,15,22-23H,2H2,1H3,(H,21,24)(H,25,26). The summed E-state index contributed by atoms with van der Waals surface area (Å²) in [5, 5.41) is 12.6. The van der Waals surface area contributed by atoms with Gasteiger partial charge in [-0.15, -0.1) is 0 Å². The van der Waals surface area contributed by atoms with Crippen LogP contribution in [0, 0.1) is 0 Å². The fourth-order valence-electron chi connectivity index (χ4n) is 3.07. The van der Waals surface area contributed by atoms with Crippen molar-refractivity contribution in [2.45, 2.75) is 31.5 Å².